The number of hydrogen-bond donors (Lipinski definition) is 1. The Balaban J connectivity index is 2.66. The lowest BCUT2D eigenvalue weighted by molar-refractivity contribution is 0.554. The van der Waals surface area contributed by atoms with Crippen molar-refractivity contribution in [2.24, 2.45) is 7.05 Å². The van der Waals surface area contributed by atoms with E-state index in [-0.39, 0.29) is 5.41 Å². The molecule has 0 aromatic carbocycles. The summed E-state index contributed by atoms with van der Waals surface area (Å²) in [4.78, 5) is 9.25. The third-order valence-corrected chi connectivity index (χ3v) is 4.33. The van der Waals surface area contributed by atoms with E-state index < -0.39 is 0 Å². The van der Waals surface area contributed by atoms with Crippen LogP contribution in [0.1, 0.15) is 32.2 Å². The number of nitrogens with one attached hydrogen (secondary N) is 1. The van der Waals surface area contributed by atoms with E-state index in [0.717, 1.165) is 32.2 Å². The molecule has 0 aliphatic rings. The first-order valence-electron chi connectivity index (χ1n) is 6.50. The third-order valence-electron chi connectivity index (χ3n) is 3.03. The molecule has 2 heterocycles. The molecular weight excluding hydrogens is 365 g/mol. The zero-order valence-electron chi connectivity index (χ0n) is 12.7. The highest BCUT2D eigenvalue weighted by Crippen LogP contribution is 2.31. The van der Waals surface area contributed by atoms with Gasteiger partial charge in [-0.05, 0) is 29.5 Å². The molecular formula is C14H20IN5. The number of aromatic nitrogens is 4. The minimum absolute atomic E-state index is 0.0450. The molecule has 0 aliphatic heterocycles. The summed E-state index contributed by atoms with van der Waals surface area (Å²) in [6.07, 6.45) is 1.99. The van der Waals surface area contributed by atoms with Gasteiger partial charge in [0.05, 0.1) is 20.5 Å². The Labute approximate surface area is 133 Å². The molecule has 6 heteroatoms. The first-order chi connectivity index (χ1) is 9.24. The Morgan fingerprint density at radius 2 is 1.90 bits per heavy atom. The van der Waals surface area contributed by atoms with Gasteiger partial charge in [0.1, 0.15) is 5.82 Å². The molecule has 0 saturated heterocycles. The van der Waals surface area contributed by atoms with Crippen LogP contribution in [-0.2, 0) is 12.5 Å². The summed E-state index contributed by atoms with van der Waals surface area (Å²) in [6.45, 7) is 8.45. The fourth-order valence-corrected chi connectivity index (χ4v) is 2.56. The van der Waals surface area contributed by atoms with Crippen molar-refractivity contribution >= 4 is 28.4 Å². The second-order valence-corrected chi connectivity index (χ2v) is 6.94. The van der Waals surface area contributed by atoms with E-state index in [1.807, 2.05) is 31.9 Å². The molecule has 0 fully saturated rings. The third kappa shape index (κ3) is 2.79. The molecule has 2 aromatic rings. The molecule has 0 saturated carbocycles. The average molecular weight is 385 g/mol. The fourth-order valence-electron chi connectivity index (χ4n) is 2.05. The summed E-state index contributed by atoms with van der Waals surface area (Å²) in [5.41, 5.74) is 2.94. The summed E-state index contributed by atoms with van der Waals surface area (Å²) in [5, 5.41) is 7.71. The molecule has 0 radical (unpaired) electrons. The first-order valence-corrected chi connectivity index (χ1v) is 7.58. The number of aryl methyl sites for hydroxylation is 2. The zero-order valence-corrected chi connectivity index (χ0v) is 14.9. The van der Waals surface area contributed by atoms with Gasteiger partial charge in [0.15, 0.2) is 5.82 Å². The van der Waals surface area contributed by atoms with Gasteiger partial charge in [0.25, 0.3) is 0 Å². The second kappa shape index (κ2) is 5.31. The van der Waals surface area contributed by atoms with Gasteiger partial charge >= 0.3 is 0 Å². The minimum Gasteiger partial charge on any atom is -0.372 e. The standard InChI is InChI=1S/C14H20IN5/c1-8-10(15)13(16-5)18-12(17-8)9-7-20(6)19-11(9)14(2,3)4/h7H,1-6H3,(H,16,17,18). The van der Waals surface area contributed by atoms with Gasteiger partial charge in [-0.3, -0.25) is 4.68 Å². The molecule has 0 amide bonds. The maximum Gasteiger partial charge on any atom is 0.165 e. The van der Waals surface area contributed by atoms with E-state index in [2.05, 4.69) is 63.7 Å². The minimum atomic E-state index is -0.0450. The number of hydrogen-bond acceptors (Lipinski definition) is 4. The molecule has 2 rings (SSSR count). The van der Waals surface area contributed by atoms with Crippen molar-refractivity contribution in [1.29, 1.82) is 0 Å². The SMILES string of the molecule is CNc1nc(-c2cn(C)nc2C(C)(C)C)nc(C)c1I. The van der Waals surface area contributed by atoms with Crippen LogP contribution in [0.3, 0.4) is 0 Å². The van der Waals surface area contributed by atoms with Gasteiger partial charge in [-0.2, -0.15) is 5.10 Å². The highest BCUT2D eigenvalue weighted by molar-refractivity contribution is 14.1. The first kappa shape index (κ1) is 15.2. The van der Waals surface area contributed by atoms with Crippen LogP contribution in [-0.4, -0.2) is 26.8 Å². The zero-order chi connectivity index (χ0) is 15.1. The second-order valence-electron chi connectivity index (χ2n) is 5.86. The van der Waals surface area contributed by atoms with Crippen LogP contribution >= 0.6 is 22.6 Å². The normalized spacial score (nSPS) is 11.8. The number of anilines is 1. The monoisotopic (exact) mass is 385 g/mol. The van der Waals surface area contributed by atoms with Crippen molar-refractivity contribution in [2.75, 3.05) is 12.4 Å². The Bertz CT molecular complexity index is 640. The van der Waals surface area contributed by atoms with Crippen molar-refractivity contribution in [3.8, 4) is 11.4 Å². The summed E-state index contributed by atoms with van der Waals surface area (Å²) in [5.74, 6) is 1.59. The van der Waals surface area contributed by atoms with Crippen LogP contribution in [0.25, 0.3) is 11.4 Å². The predicted octanol–water partition coefficient (Wildman–Crippen LogP) is 3.13. The molecule has 108 valence electrons. The van der Waals surface area contributed by atoms with Crippen LogP contribution in [0.5, 0.6) is 0 Å². The largest absolute Gasteiger partial charge is 0.372 e. The Hall–Kier alpha value is -1.18. The lowest BCUT2D eigenvalue weighted by atomic mass is 9.89. The molecule has 0 atom stereocenters. The number of halogens is 1. The molecule has 1 N–H and O–H groups in total. The van der Waals surface area contributed by atoms with Gasteiger partial charge in [0, 0.05) is 25.7 Å². The summed E-state index contributed by atoms with van der Waals surface area (Å²) in [7, 11) is 3.80. The van der Waals surface area contributed by atoms with Crippen molar-refractivity contribution in [2.45, 2.75) is 33.1 Å². The number of nitrogens with zero attached hydrogens (tertiary/aromatic N) is 4. The Kier molecular flexibility index (Phi) is 4.04. The Morgan fingerprint density at radius 1 is 1.25 bits per heavy atom. The van der Waals surface area contributed by atoms with Gasteiger partial charge in [0.2, 0.25) is 0 Å². The Morgan fingerprint density at radius 3 is 2.45 bits per heavy atom. The van der Waals surface area contributed by atoms with Crippen LogP contribution in [0, 0.1) is 10.5 Å². The van der Waals surface area contributed by atoms with E-state index in [1.165, 1.54) is 0 Å². The highest BCUT2D eigenvalue weighted by atomic mass is 127. The number of rotatable bonds is 2. The molecule has 5 nitrogen and oxygen atoms in total. The van der Waals surface area contributed by atoms with Crippen LogP contribution in [0.4, 0.5) is 5.82 Å². The predicted molar refractivity (Wildman–Crippen MR) is 89.9 cm³/mol. The highest BCUT2D eigenvalue weighted by Gasteiger charge is 2.25. The quantitative estimate of drug-likeness (QED) is 0.808. The van der Waals surface area contributed by atoms with E-state index in [4.69, 9.17) is 0 Å². The fraction of sp³-hybridized carbons (Fsp3) is 0.500. The molecule has 20 heavy (non-hydrogen) atoms. The molecule has 0 unspecified atom stereocenters. The van der Waals surface area contributed by atoms with Crippen molar-refractivity contribution < 1.29 is 0 Å². The van der Waals surface area contributed by atoms with Crippen LogP contribution < -0.4 is 5.32 Å². The topological polar surface area (TPSA) is 55.6 Å². The molecule has 0 spiro atoms. The van der Waals surface area contributed by atoms with Crippen molar-refractivity contribution in [1.82, 2.24) is 19.7 Å². The van der Waals surface area contributed by atoms with Crippen LogP contribution in [0.2, 0.25) is 0 Å². The van der Waals surface area contributed by atoms with Crippen LogP contribution in [0.15, 0.2) is 6.20 Å². The summed E-state index contributed by atoms with van der Waals surface area (Å²) < 4.78 is 2.88. The molecule has 0 aliphatic carbocycles. The van der Waals surface area contributed by atoms with Crippen molar-refractivity contribution in [3.05, 3.63) is 21.2 Å². The smallest absolute Gasteiger partial charge is 0.165 e. The van der Waals surface area contributed by atoms with Gasteiger partial charge < -0.3 is 5.32 Å². The van der Waals surface area contributed by atoms with Gasteiger partial charge in [-0.15, -0.1) is 0 Å². The lowest BCUT2D eigenvalue weighted by Gasteiger charge is -2.17. The van der Waals surface area contributed by atoms with E-state index in [9.17, 15) is 0 Å². The maximum absolute atomic E-state index is 4.63. The summed E-state index contributed by atoms with van der Waals surface area (Å²) in [6, 6.07) is 0. The van der Waals surface area contributed by atoms with Crippen molar-refractivity contribution in [3.63, 3.8) is 0 Å². The average Bonchev–Trinajstić information content (AvgIpc) is 2.74. The van der Waals surface area contributed by atoms with Gasteiger partial charge in [-0.1, -0.05) is 20.8 Å². The summed E-state index contributed by atoms with van der Waals surface area (Å²) >= 11 is 2.26. The maximum atomic E-state index is 4.63. The van der Waals surface area contributed by atoms with E-state index in [0.29, 0.717) is 0 Å². The van der Waals surface area contributed by atoms with E-state index >= 15 is 0 Å². The lowest BCUT2D eigenvalue weighted by Crippen LogP contribution is -2.14. The molecule has 2 aromatic heterocycles. The molecule has 0 bridgehead atoms. The van der Waals surface area contributed by atoms with Gasteiger partial charge in [-0.25, -0.2) is 9.97 Å². The van der Waals surface area contributed by atoms with E-state index in [1.54, 1.807) is 0 Å².